The van der Waals surface area contributed by atoms with Crippen LogP contribution < -0.4 is 24.6 Å². The van der Waals surface area contributed by atoms with E-state index in [2.05, 4.69) is 34.5 Å². The summed E-state index contributed by atoms with van der Waals surface area (Å²) in [5.74, 6) is -0.288. The van der Waals surface area contributed by atoms with Gasteiger partial charge in [-0.2, -0.15) is 0 Å². The van der Waals surface area contributed by atoms with Crippen LogP contribution in [0.1, 0.15) is 63.6 Å². The number of aryl methyl sites for hydroxylation is 1. The number of amides is 4. The minimum atomic E-state index is -0.771. The maximum Gasteiger partial charge on any atom is 0.335 e. The van der Waals surface area contributed by atoms with Gasteiger partial charge in [0.25, 0.3) is 11.8 Å². The van der Waals surface area contributed by atoms with Gasteiger partial charge in [0.1, 0.15) is 12.2 Å². The predicted molar refractivity (Wildman–Crippen MR) is 202 cm³/mol. The monoisotopic (exact) mass is 689 g/mol. The molecule has 0 aromatic heterocycles. The molecule has 2 atom stereocenters. The van der Waals surface area contributed by atoms with Gasteiger partial charge in [0.2, 0.25) is 0 Å². The number of rotatable bonds is 8. The van der Waals surface area contributed by atoms with Gasteiger partial charge in [-0.1, -0.05) is 96.6 Å². The first-order valence-corrected chi connectivity index (χ1v) is 17.7. The molecule has 0 saturated carbocycles. The summed E-state index contributed by atoms with van der Waals surface area (Å²) in [6, 6.07) is 37.3. The lowest BCUT2D eigenvalue weighted by Crippen LogP contribution is -2.54. The van der Waals surface area contributed by atoms with Gasteiger partial charge in [-0.05, 0) is 83.5 Å². The lowest BCUT2D eigenvalue weighted by Gasteiger charge is -2.44. The number of methoxy groups -OCH3 is 1. The second kappa shape index (κ2) is 13.9. The van der Waals surface area contributed by atoms with Crippen molar-refractivity contribution in [1.29, 1.82) is 0 Å². The molecule has 8 heteroatoms. The van der Waals surface area contributed by atoms with E-state index in [1.165, 1.54) is 28.5 Å². The van der Waals surface area contributed by atoms with Crippen LogP contribution in [0.5, 0.6) is 11.5 Å². The zero-order chi connectivity index (χ0) is 35.8. The molecule has 0 bridgehead atoms. The predicted octanol–water partition coefficient (Wildman–Crippen LogP) is 8.13. The molecule has 0 unspecified atom stereocenters. The largest absolute Gasteiger partial charge is 0.493 e. The summed E-state index contributed by atoms with van der Waals surface area (Å²) in [7, 11) is 1.54. The molecule has 3 aliphatic heterocycles. The maximum atomic E-state index is 14.3. The Bertz CT molecular complexity index is 2120. The fraction of sp³-hybridized carbons (Fsp3) is 0.205. The Morgan fingerprint density at radius 1 is 0.750 bits per heavy atom. The molecule has 260 valence electrons. The molecular weight excluding hydrogens is 651 g/mol. The van der Waals surface area contributed by atoms with Crippen LogP contribution in [0.3, 0.4) is 0 Å². The number of anilines is 2. The third kappa shape index (κ3) is 6.21. The molecular formula is C44H39N3O5. The summed E-state index contributed by atoms with van der Waals surface area (Å²) in [5.41, 5.74) is 8.75. The summed E-state index contributed by atoms with van der Waals surface area (Å²) in [6.45, 7) is 4.23. The number of ether oxygens (including phenoxy) is 2. The quantitative estimate of drug-likeness (QED) is 0.131. The van der Waals surface area contributed by atoms with Gasteiger partial charge < -0.3 is 14.4 Å². The zero-order valence-corrected chi connectivity index (χ0v) is 29.2. The minimum Gasteiger partial charge on any atom is -0.493 e. The van der Waals surface area contributed by atoms with Crippen molar-refractivity contribution in [1.82, 2.24) is 5.32 Å². The molecule has 8 rings (SSSR count). The zero-order valence-electron chi connectivity index (χ0n) is 29.2. The molecule has 1 saturated heterocycles. The van der Waals surface area contributed by atoms with Gasteiger partial charge in [-0.25, -0.2) is 9.69 Å². The highest BCUT2D eigenvalue weighted by Gasteiger charge is 2.40. The number of imide groups is 2. The molecule has 4 amide bonds. The molecule has 5 aromatic carbocycles. The van der Waals surface area contributed by atoms with Crippen LogP contribution in [0.4, 0.5) is 16.2 Å². The number of benzene rings is 5. The van der Waals surface area contributed by atoms with Crippen LogP contribution in [0.2, 0.25) is 0 Å². The van der Waals surface area contributed by atoms with E-state index in [1.807, 2.05) is 79.7 Å². The van der Waals surface area contributed by atoms with Gasteiger partial charge in [-0.15, -0.1) is 0 Å². The summed E-state index contributed by atoms with van der Waals surface area (Å²) >= 11 is 0. The van der Waals surface area contributed by atoms with Gasteiger partial charge >= 0.3 is 6.03 Å². The number of urea groups is 1. The molecule has 0 spiro atoms. The van der Waals surface area contributed by atoms with E-state index in [9.17, 15) is 14.4 Å². The highest BCUT2D eigenvalue weighted by Crippen LogP contribution is 2.50. The van der Waals surface area contributed by atoms with E-state index < -0.39 is 17.8 Å². The van der Waals surface area contributed by atoms with Crippen molar-refractivity contribution in [3.63, 3.8) is 0 Å². The lowest BCUT2D eigenvalue weighted by atomic mass is 9.76. The third-order valence-corrected chi connectivity index (χ3v) is 10.4. The Balaban J connectivity index is 1.17. The van der Waals surface area contributed by atoms with Gasteiger partial charge in [-0.3, -0.25) is 14.9 Å². The van der Waals surface area contributed by atoms with Gasteiger partial charge in [0, 0.05) is 30.6 Å². The molecule has 1 fully saturated rings. The number of barbiturate groups is 1. The molecule has 52 heavy (non-hydrogen) atoms. The standard InChI is InChI=1S/C44H39N3O5/c1-28-13-15-29(16-14-28)27-52-39-18-17-30(24-40(39)51-2)23-38-42(48)45-44(50)47(43(38)49)33-25-36-34(31-9-5-3-6-10-31)19-21-46-22-20-35(37(26-33)41(36)46)32-11-7-4-8-12-32/h3-18,23-26,34-35H,19-22,27H2,1-2H3,(H,45,48,50)/b38-23+/t34-,35-/m0/s1. The number of nitrogens with zero attached hydrogens (tertiary/aromatic N) is 2. The minimum absolute atomic E-state index is 0.0828. The second-order valence-corrected chi connectivity index (χ2v) is 13.6. The SMILES string of the molecule is COc1cc(/C=C2\C(=O)NC(=O)N(c3cc4c5c(c3)[C@H](c3ccccc3)CCN5CC[C@H]4c3ccccc3)C2=O)ccc1OCc1ccc(C)cc1. The van der Waals surface area contributed by atoms with E-state index in [1.54, 1.807) is 25.3 Å². The van der Waals surface area contributed by atoms with Crippen molar-refractivity contribution in [3.05, 3.63) is 160 Å². The summed E-state index contributed by atoms with van der Waals surface area (Å²) in [4.78, 5) is 44.8. The van der Waals surface area contributed by atoms with Crippen LogP contribution in [0.25, 0.3) is 6.08 Å². The van der Waals surface area contributed by atoms with Crippen molar-refractivity contribution in [3.8, 4) is 11.5 Å². The fourth-order valence-electron chi connectivity index (χ4n) is 7.77. The van der Waals surface area contributed by atoms with E-state index in [4.69, 9.17) is 9.47 Å². The van der Waals surface area contributed by atoms with Gasteiger partial charge in [0.05, 0.1) is 12.8 Å². The number of hydrogen-bond acceptors (Lipinski definition) is 6. The molecule has 0 aliphatic carbocycles. The molecule has 3 aliphatic rings. The third-order valence-electron chi connectivity index (χ3n) is 10.4. The number of hydrogen-bond donors (Lipinski definition) is 1. The molecule has 5 aromatic rings. The molecule has 3 heterocycles. The fourth-order valence-corrected chi connectivity index (χ4v) is 7.77. The summed E-state index contributed by atoms with van der Waals surface area (Å²) in [6.07, 6.45) is 3.31. The van der Waals surface area contributed by atoms with E-state index >= 15 is 0 Å². The topological polar surface area (TPSA) is 88.2 Å². The lowest BCUT2D eigenvalue weighted by molar-refractivity contribution is -0.122. The van der Waals surface area contributed by atoms with Crippen molar-refractivity contribution >= 4 is 35.3 Å². The highest BCUT2D eigenvalue weighted by atomic mass is 16.5. The van der Waals surface area contributed by atoms with Crippen molar-refractivity contribution < 1.29 is 23.9 Å². The first kappa shape index (κ1) is 33.0. The Kier molecular flexibility index (Phi) is 8.81. The second-order valence-electron chi connectivity index (χ2n) is 13.6. The number of nitrogens with one attached hydrogen (secondary N) is 1. The van der Waals surface area contributed by atoms with Crippen LogP contribution in [-0.4, -0.2) is 38.0 Å². The number of carbonyl (C=O) groups excluding carboxylic acids is 3. The van der Waals surface area contributed by atoms with Crippen molar-refractivity contribution in [2.75, 3.05) is 30.0 Å². The Hall–Kier alpha value is -6.15. The average Bonchev–Trinajstić information content (AvgIpc) is 3.17. The van der Waals surface area contributed by atoms with Crippen LogP contribution >= 0.6 is 0 Å². The number of carbonyl (C=O) groups is 3. The Morgan fingerprint density at radius 2 is 1.37 bits per heavy atom. The summed E-state index contributed by atoms with van der Waals surface area (Å²) < 4.78 is 11.7. The van der Waals surface area contributed by atoms with Crippen LogP contribution in [0, 0.1) is 6.92 Å². The maximum absolute atomic E-state index is 14.3. The first-order chi connectivity index (χ1) is 25.4. The molecule has 8 nitrogen and oxygen atoms in total. The van der Waals surface area contributed by atoms with Gasteiger partial charge in [0.15, 0.2) is 11.5 Å². The Labute approximate surface area is 303 Å². The van der Waals surface area contributed by atoms with Crippen molar-refractivity contribution in [2.45, 2.75) is 38.2 Å². The van der Waals surface area contributed by atoms with E-state index in [0.29, 0.717) is 29.4 Å². The van der Waals surface area contributed by atoms with Crippen molar-refractivity contribution in [2.24, 2.45) is 0 Å². The molecule has 0 radical (unpaired) electrons. The Morgan fingerprint density at radius 3 is 1.96 bits per heavy atom. The van der Waals surface area contributed by atoms with E-state index in [-0.39, 0.29) is 17.4 Å². The van der Waals surface area contributed by atoms with Crippen LogP contribution in [0.15, 0.2) is 121 Å². The normalized spacial score (nSPS) is 19.0. The van der Waals surface area contributed by atoms with E-state index in [0.717, 1.165) is 47.5 Å². The molecule has 1 N–H and O–H groups in total. The summed E-state index contributed by atoms with van der Waals surface area (Å²) in [5, 5.41) is 2.43. The highest BCUT2D eigenvalue weighted by molar-refractivity contribution is 6.39. The average molecular weight is 690 g/mol. The van der Waals surface area contributed by atoms with Crippen LogP contribution in [-0.2, 0) is 16.2 Å². The smallest absolute Gasteiger partial charge is 0.335 e. The first-order valence-electron chi connectivity index (χ1n) is 17.7.